The van der Waals surface area contributed by atoms with Crippen LogP contribution in [0, 0.1) is 24.2 Å². The van der Waals surface area contributed by atoms with Crippen molar-refractivity contribution in [2.45, 2.75) is 26.8 Å². The van der Waals surface area contributed by atoms with Crippen LogP contribution >= 0.6 is 15.9 Å². The molecule has 0 aromatic heterocycles. The average Bonchev–Trinajstić information content (AvgIpc) is 2.32. The van der Waals surface area contributed by atoms with Gasteiger partial charge in [-0.3, -0.25) is 9.59 Å². The lowest BCUT2D eigenvalue weighted by Gasteiger charge is -2.12. The summed E-state index contributed by atoms with van der Waals surface area (Å²) in [7, 11) is 0. The number of carbonyl (C=O) groups excluding carboxylic acids is 2. The first-order valence-electron chi connectivity index (χ1n) is 5.87. The molecule has 1 aromatic carbocycles. The van der Waals surface area contributed by atoms with Crippen molar-refractivity contribution in [3.05, 3.63) is 33.8 Å². The lowest BCUT2D eigenvalue weighted by Crippen LogP contribution is -2.38. The number of benzene rings is 1. The summed E-state index contributed by atoms with van der Waals surface area (Å²) in [5.41, 5.74) is 1.33. The fourth-order valence-corrected chi connectivity index (χ4v) is 1.90. The van der Waals surface area contributed by atoms with Gasteiger partial charge in [0.2, 0.25) is 5.91 Å². The minimum Gasteiger partial charge on any atom is -0.352 e. The molecule has 0 heterocycles. The van der Waals surface area contributed by atoms with Gasteiger partial charge in [0.1, 0.15) is 0 Å². The van der Waals surface area contributed by atoms with E-state index in [4.69, 9.17) is 5.26 Å². The number of halogens is 1. The number of hydrogen-bond acceptors (Lipinski definition) is 3. The van der Waals surface area contributed by atoms with Crippen molar-refractivity contribution in [1.82, 2.24) is 5.32 Å². The molecular weight excluding hydrogens is 308 g/mol. The number of amides is 1. The molecule has 0 radical (unpaired) electrons. The van der Waals surface area contributed by atoms with Crippen LogP contribution in [-0.2, 0) is 4.79 Å². The van der Waals surface area contributed by atoms with E-state index in [1.54, 1.807) is 38.1 Å². The van der Waals surface area contributed by atoms with E-state index < -0.39 is 17.6 Å². The molecule has 0 aliphatic heterocycles. The van der Waals surface area contributed by atoms with Crippen LogP contribution in [0.4, 0.5) is 0 Å². The van der Waals surface area contributed by atoms with Gasteiger partial charge >= 0.3 is 0 Å². The molecule has 0 bridgehead atoms. The van der Waals surface area contributed by atoms with Crippen molar-refractivity contribution in [3.8, 4) is 6.07 Å². The van der Waals surface area contributed by atoms with Gasteiger partial charge in [0, 0.05) is 16.1 Å². The molecule has 19 heavy (non-hydrogen) atoms. The van der Waals surface area contributed by atoms with Gasteiger partial charge in [-0.25, -0.2) is 0 Å². The van der Waals surface area contributed by atoms with Crippen LogP contribution in [0.25, 0.3) is 0 Å². The second-order valence-corrected chi connectivity index (χ2v) is 5.41. The van der Waals surface area contributed by atoms with Crippen LogP contribution in [0.3, 0.4) is 0 Å². The summed E-state index contributed by atoms with van der Waals surface area (Å²) in [4.78, 5) is 23.9. The summed E-state index contributed by atoms with van der Waals surface area (Å²) >= 11 is 3.33. The number of Topliss-reactive ketones (excluding diaryl/α,β-unsaturated/α-hetero) is 1. The van der Waals surface area contributed by atoms with Crippen molar-refractivity contribution in [3.63, 3.8) is 0 Å². The second-order valence-electron chi connectivity index (χ2n) is 4.55. The summed E-state index contributed by atoms with van der Waals surface area (Å²) in [5.74, 6) is -2.35. The monoisotopic (exact) mass is 322 g/mol. The third-order valence-corrected chi connectivity index (χ3v) is 3.40. The van der Waals surface area contributed by atoms with Gasteiger partial charge in [-0.2, -0.15) is 5.26 Å². The normalized spacial score (nSPS) is 11.8. The van der Waals surface area contributed by atoms with Crippen molar-refractivity contribution < 1.29 is 9.59 Å². The minimum absolute atomic E-state index is 0.110. The van der Waals surface area contributed by atoms with Gasteiger partial charge in [0.25, 0.3) is 0 Å². The number of ketones is 1. The second kappa shape index (κ2) is 6.48. The largest absolute Gasteiger partial charge is 0.352 e. The number of hydrogen-bond donors (Lipinski definition) is 1. The molecule has 1 amide bonds. The lowest BCUT2D eigenvalue weighted by molar-refractivity contribution is -0.122. The smallest absolute Gasteiger partial charge is 0.245 e. The Balaban J connectivity index is 2.99. The van der Waals surface area contributed by atoms with Gasteiger partial charge in [-0.05, 0) is 32.4 Å². The van der Waals surface area contributed by atoms with Crippen molar-refractivity contribution in [2.75, 3.05) is 0 Å². The van der Waals surface area contributed by atoms with E-state index in [1.165, 1.54) is 0 Å². The lowest BCUT2D eigenvalue weighted by atomic mass is 9.97. The van der Waals surface area contributed by atoms with E-state index in [-0.39, 0.29) is 6.04 Å². The number of aryl methyl sites for hydroxylation is 1. The van der Waals surface area contributed by atoms with E-state index in [0.717, 1.165) is 10.0 Å². The molecule has 1 N–H and O–H groups in total. The summed E-state index contributed by atoms with van der Waals surface area (Å²) < 4.78 is 0.777. The predicted molar refractivity (Wildman–Crippen MR) is 75.6 cm³/mol. The van der Waals surface area contributed by atoms with Crippen molar-refractivity contribution in [1.29, 1.82) is 5.26 Å². The maximum atomic E-state index is 12.2. The van der Waals surface area contributed by atoms with Crippen LogP contribution in [-0.4, -0.2) is 17.7 Å². The van der Waals surface area contributed by atoms with Gasteiger partial charge in [-0.15, -0.1) is 0 Å². The molecule has 1 atom stereocenters. The van der Waals surface area contributed by atoms with Gasteiger partial charge in [0.05, 0.1) is 6.07 Å². The zero-order chi connectivity index (χ0) is 14.6. The molecule has 4 nitrogen and oxygen atoms in total. The minimum atomic E-state index is -1.31. The number of carbonyl (C=O) groups is 2. The molecule has 1 rings (SSSR count). The third-order valence-electron chi connectivity index (χ3n) is 2.54. The Morgan fingerprint density at radius 2 is 2.00 bits per heavy atom. The molecule has 0 fully saturated rings. The molecule has 100 valence electrons. The Morgan fingerprint density at radius 3 is 2.47 bits per heavy atom. The molecule has 0 aliphatic carbocycles. The van der Waals surface area contributed by atoms with E-state index in [1.807, 2.05) is 6.92 Å². The fraction of sp³-hybridized carbons (Fsp3) is 0.357. The van der Waals surface area contributed by atoms with Gasteiger partial charge < -0.3 is 5.32 Å². The maximum absolute atomic E-state index is 12.2. The number of nitrogens with one attached hydrogen (secondary N) is 1. The SMILES string of the molecule is Cc1ccc(C(=O)[C@H](C#N)C(=O)NC(C)C)cc1Br. The zero-order valence-electron chi connectivity index (χ0n) is 11.0. The van der Waals surface area contributed by atoms with Crippen LogP contribution in [0.5, 0.6) is 0 Å². The molecule has 0 spiro atoms. The first-order chi connectivity index (χ1) is 8.86. The molecule has 0 saturated carbocycles. The van der Waals surface area contributed by atoms with Crippen molar-refractivity contribution in [2.24, 2.45) is 5.92 Å². The van der Waals surface area contributed by atoms with E-state index in [2.05, 4.69) is 21.2 Å². The first-order valence-corrected chi connectivity index (χ1v) is 6.66. The summed E-state index contributed by atoms with van der Waals surface area (Å²) in [6, 6.07) is 6.67. The van der Waals surface area contributed by atoms with Gasteiger partial charge in [0.15, 0.2) is 11.7 Å². The van der Waals surface area contributed by atoms with Crippen LogP contribution < -0.4 is 5.32 Å². The van der Waals surface area contributed by atoms with Crippen LogP contribution in [0.15, 0.2) is 22.7 Å². The van der Waals surface area contributed by atoms with Gasteiger partial charge in [-0.1, -0.05) is 28.1 Å². The summed E-state index contributed by atoms with van der Waals surface area (Å²) in [6.07, 6.45) is 0. The number of rotatable bonds is 4. The Kier molecular flexibility index (Phi) is 5.25. The topological polar surface area (TPSA) is 70.0 Å². The Morgan fingerprint density at radius 1 is 1.37 bits per heavy atom. The highest BCUT2D eigenvalue weighted by atomic mass is 79.9. The standard InChI is InChI=1S/C14H15BrN2O2/c1-8(2)17-14(19)11(7-16)13(18)10-5-4-9(3)12(15)6-10/h4-6,8,11H,1-3H3,(H,17,19)/t11-/m0/s1. The quantitative estimate of drug-likeness (QED) is 0.684. The Labute approximate surface area is 120 Å². The average molecular weight is 323 g/mol. The Hall–Kier alpha value is -1.67. The molecule has 0 unspecified atom stereocenters. The maximum Gasteiger partial charge on any atom is 0.245 e. The predicted octanol–water partition coefficient (Wildman–Crippen LogP) is 2.60. The van der Waals surface area contributed by atoms with Crippen LogP contribution in [0.1, 0.15) is 29.8 Å². The molecule has 1 aromatic rings. The summed E-state index contributed by atoms with van der Waals surface area (Å²) in [6.45, 7) is 5.45. The number of nitriles is 1. The highest BCUT2D eigenvalue weighted by Gasteiger charge is 2.28. The fourth-order valence-electron chi connectivity index (χ4n) is 1.52. The summed E-state index contributed by atoms with van der Waals surface area (Å²) in [5, 5.41) is 11.6. The highest BCUT2D eigenvalue weighted by Crippen LogP contribution is 2.19. The number of nitrogens with zero attached hydrogens (tertiary/aromatic N) is 1. The molecular formula is C14H15BrN2O2. The third kappa shape index (κ3) is 3.90. The van der Waals surface area contributed by atoms with E-state index in [0.29, 0.717) is 5.56 Å². The molecule has 0 aliphatic rings. The Bertz CT molecular complexity index is 547. The molecule has 5 heteroatoms. The zero-order valence-corrected chi connectivity index (χ0v) is 12.6. The van der Waals surface area contributed by atoms with E-state index in [9.17, 15) is 9.59 Å². The van der Waals surface area contributed by atoms with Crippen LogP contribution in [0.2, 0.25) is 0 Å². The van der Waals surface area contributed by atoms with Crippen molar-refractivity contribution >= 4 is 27.6 Å². The molecule has 0 saturated heterocycles. The van der Waals surface area contributed by atoms with E-state index >= 15 is 0 Å². The highest BCUT2D eigenvalue weighted by molar-refractivity contribution is 9.10. The first kappa shape index (κ1) is 15.4.